The summed E-state index contributed by atoms with van der Waals surface area (Å²) < 4.78 is 0. The molecule has 1 aliphatic heterocycles. The molecule has 3 heterocycles. The van der Waals surface area contributed by atoms with Crippen molar-refractivity contribution in [1.29, 1.82) is 0 Å². The number of rotatable bonds is 3. The summed E-state index contributed by atoms with van der Waals surface area (Å²) in [4.78, 5) is 30.8. The first-order valence-electron chi connectivity index (χ1n) is 9.77. The number of fused-ring (bicyclic) bond motifs is 1. The van der Waals surface area contributed by atoms with E-state index in [1.807, 2.05) is 54.3 Å². The van der Waals surface area contributed by atoms with Crippen LogP contribution >= 0.6 is 0 Å². The first-order valence-corrected chi connectivity index (χ1v) is 9.77. The van der Waals surface area contributed by atoms with Gasteiger partial charge in [0.05, 0.1) is 5.52 Å². The van der Waals surface area contributed by atoms with Crippen molar-refractivity contribution in [3.63, 3.8) is 0 Å². The number of aryl methyl sites for hydroxylation is 1. The van der Waals surface area contributed by atoms with Crippen molar-refractivity contribution in [2.75, 3.05) is 31.1 Å². The molecule has 0 unspecified atom stereocenters. The molecule has 4 rings (SSSR count). The molecule has 1 amide bonds. The van der Waals surface area contributed by atoms with E-state index < -0.39 is 0 Å². The molecule has 0 bridgehead atoms. The van der Waals surface area contributed by atoms with Crippen LogP contribution in [0.5, 0.6) is 0 Å². The van der Waals surface area contributed by atoms with E-state index in [-0.39, 0.29) is 5.91 Å². The molecule has 0 spiro atoms. The quantitative estimate of drug-likeness (QED) is 0.702. The Labute approximate surface area is 165 Å². The molecule has 0 saturated carbocycles. The smallest absolute Gasteiger partial charge is 0.272 e. The van der Waals surface area contributed by atoms with Crippen LogP contribution in [0, 0.1) is 6.92 Å². The summed E-state index contributed by atoms with van der Waals surface area (Å²) in [6.07, 6.45) is 0. The molecule has 6 nitrogen and oxygen atoms in total. The minimum absolute atomic E-state index is 0.00728. The lowest BCUT2D eigenvalue weighted by Gasteiger charge is -2.35. The summed E-state index contributed by atoms with van der Waals surface area (Å²) in [5.74, 6) is 2.11. The second-order valence-corrected chi connectivity index (χ2v) is 7.55. The Kier molecular flexibility index (Phi) is 4.94. The molecule has 1 fully saturated rings. The van der Waals surface area contributed by atoms with Crippen molar-refractivity contribution in [2.24, 2.45) is 0 Å². The average molecular weight is 375 g/mol. The zero-order valence-corrected chi connectivity index (χ0v) is 16.6. The number of amides is 1. The first-order chi connectivity index (χ1) is 13.5. The molecule has 0 radical (unpaired) electrons. The highest BCUT2D eigenvalue weighted by atomic mass is 16.2. The maximum absolute atomic E-state index is 12.9. The molecule has 1 aliphatic rings. The average Bonchev–Trinajstić information content (AvgIpc) is 2.72. The van der Waals surface area contributed by atoms with Gasteiger partial charge in [-0.3, -0.25) is 4.79 Å². The van der Waals surface area contributed by atoms with Gasteiger partial charge in [0, 0.05) is 49.2 Å². The summed E-state index contributed by atoms with van der Waals surface area (Å²) >= 11 is 0. The molecule has 6 heteroatoms. The van der Waals surface area contributed by atoms with Crippen LogP contribution in [0.2, 0.25) is 0 Å². The van der Waals surface area contributed by atoms with Crippen molar-refractivity contribution in [3.05, 3.63) is 59.7 Å². The van der Waals surface area contributed by atoms with Crippen molar-refractivity contribution in [1.82, 2.24) is 19.9 Å². The summed E-state index contributed by atoms with van der Waals surface area (Å²) in [6.45, 7) is 9.04. The van der Waals surface area contributed by atoms with Crippen LogP contribution in [0.1, 0.15) is 41.8 Å². The zero-order valence-electron chi connectivity index (χ0n) is 16.6. The lowest BCUT2D eigenvalue weighted by Crippen LogP contribution is -2.49. The molecule has 3 aromatic rings. The van der Waals surface area contributed by atoms with Gasteiger partial charge in [-0.1, -0.05) is 38.1 Å². The minimum atomic E-state index is -0.00728. The molecule has 144 valence electrons. The monoisotopic (exact) mass is 375 g/mol. The van der Waals surface area contributed by atoms with Gasteiger partial charge >= 0.3 is 0 Å². The lowest BCUT2D eigenvalue weighted by molar-refractivity contribution is 0.0741. The predicted molar refractivity (Wildman–Crippen MR) is 111 cm³/mol. The molecule has 0 aliphatic carbocycles. The normalized spacial score (nSPS) is 14.7. The third kappa shape index (κ3) is 3.67. The van der Waals surface area contributed by atoms with E-state index in [9.17, 15) is 4.79 Å². The number of aromatic nitrogens is 3. The molecule has 1 aromatic carbocycles. The van der Waals surface area contributed by atoms with Gasteiger partial charge in [-0.05, 0) is 19.1 Å². The van der Waals surface area contributed by atoms with Crippen LogP contribution in [-0.4, -0.2) is 51.9 Å². The van der Waals surface area contributed by atoms with Crippen molar-refractivity contribution >= 4 is 22.6 Å². The van der Waals surface area contributed by atoms with Crippen molar-refractivity contribution in [3.8, 4) is 0 Å². The fourth-order valence-corrected chi connectivity index (χ4v) is 3.48. The predicted octanol–water partition coefficient (Wildman–Crippen LogP) is 3.42. The van der Waals surface area contributed by atoms with Crippen LogP contribution in [0.4, 0.5) is 5.82 Å². The van der Waals surface area contributed by atoms with Gasteiger partial charge < -0.3 is 9.80 Å². The maximum atomic E-state index is 12.9. The molecule has 28 heavy (non-hydrogen) atoms. The number of carbonyl (C=O) groups excluding carboxylic acids is 1. The standard InChI is InChI=1S/C22H25N5O/c1-15(2)21-23-16(3)14-20(25-21)26-10-12-27(13-11-26)22(28)19-9-8-17-6-4-5-7-18(17)24-19/h4-9,14-15H,10-13H2,1-3H3. The van der Waals surface area contributed by atoms with E-state index in [4.69, 9.17) is 4.98 Å². The van der Waals surface area contributed by atoms with Gasteiger partial charge in [0.15, 0.2) is 0 Å². The Balaban J connectivity index is 1.47. The number of hydrogen-bond acceptors (Lipinski definition) is 5. The number of benzene rings is 1. The second kappa shape index (κ2) is 7.54. The summed E-state index contributed by atoms with van der Waals surface area (Å²) in [5.41, 5.74) is 2.34. The van der Waals surface area contributed by atoms with Gasteiger partial charge in [0.25, 0.3) is 5.91 Å². The first kappa shape index (κ1) is 18.3. The largest absolute Gasteiger partial charge is 0.353 e. The van der Waals surface area contributed by atoms with E-state index in [1.165, 1.54) is 0 Å². The van der Waals surface area contributed by atoms with E-state index in [1.54, 1.807) is 0 Å². The van der Waals surface area contributed by atoms with Crippen molar-refractivity contribution < 1.29 is 4.79 Å². The summed E-state index contributed by atoms with van der Waals surface area (Å²) in [6, 6.07) is 13.7. The Morgan fingerprint density at radius 1 is 0.964 bits per heavy atom. The van der Waals surface area contributed by atoms with E-state index in [2.05, 4.69) is 28.7 Å². The summed E-state index contributed by atoms with van der Waals surface area (Å²) in [5, 5.41) is 1.05. The molecular formula is C22H25N5O. The fourth-order valence-electron chi connectivity index (χ4n) is 3.48. The topological polar surface area (TPSA) is 62.2 Å². The number of carbonyl (C=O) groups is 1. The van der Waals surface area contributed by atoms with Crippen molar-refractivity contribution in [2.45, 2.75) is 26.7 Å². The van der Waals surface area contributed by atoms with E-state index in [0.29, 0.717) is 24.7 Å². The highest BCUT2D eigenvalue weighted by Crippen LogP contribution is 2.20. The van der Waals surface area contributed by atoms with Crippen LogP contribution in [0.25, 0.3) is 10.9 Å². The maximum Gasteiger partial charge on any atom is 0.272 e. The Morgan fingerprint density at radius 3 is 2.46 bits per heavy atom. The number of hydrogen-bond donors (Lipinski definition) is 0. The van der Waals surface area contributed by atoms with E-state index >= 15 is 0 Å². The molecular weight excluding hydrogens is 350 g/mol. The number of para-hydroxylation sites is 1. The van der Waals surface area contributed by atoms with Gasteiger partial charge in [-0.25, -0.2) is 15.0 Å². The Bertz CT molecular complexity index is 1010. The van der Waals surface area contributed by atoms with Gasteiger partial charge in [0.2, 0.25) is 0 Å². The van der Waals surface area contributed by atoms with Gasteiger partial charge in [0.1, 0.15) is 17.3 Å². The number of pyridine rings is 1. The Hall–Kier alpha value is -3.02. The number of anilines is 1. The zero-order chi connectivity index (χ0) is 19.7. The third-order valence-electron chi connectivity index (χ3n) is 5.08. The highest BCUT2D eigenvalue weighted by Gasteiger charge is 2.24. The molecule has 2 aromatic heterocycles. The van der Waals surface area contributed by atoms with Crippen LogP contribution in [-0.2, 0) is 0 Å². The van der Waals surface area contributed by atoms with Crippen LogP contribution in [0.15, 0.2) is 42.5 Å². The molecule has 0 atom stereocenters. The molecule has 0 N–H and O–H groups in total. The molecule has 1 saturated heterocycles. The summed E-state index contributed by atoms with van der Waals surface area (Å²) in [7, 11) is 0. The number of piperazine rings is 1. The second-order valence-electron chi connectivity index (χ2n) is 7.55. The highest BCUT2D eigenvalue weighted by molar-refractivity contribution is 5.95. The third-order valence-corrected chi connectivity index (χ3v) is 5.08. The Morgan fingerprint density at radius 2 is 1.71 bits per heavy atom. The van der Waals surface area contributed by atoms with Gasteiger partial charge in [-0.15, -0.1) is 0 Å². The SMILES string of the molecule is Cc1cc(N2CCN(C(=O)c3ccc4ccccc4n3)CC2)nc(C(C)C)n1. The number of nitrogens with zero attached hydrogens (tertiary/aromatic N) is 5. The van der Waals surface area contributed by atoms with Gasteiger partial charge in [-0.2, -0.15) is 0 Å². The fraction of sp³-hybridized carbons (Fsp3) is 0.364. The lowest BCUT2D eigenvalue weighted by atomic mass is 10.2. The van der Waals surface area contributed by atoms with Crippen LogP contribution in [0.3, 0.4) is 0 Å². The minimum Gasteiger partial charge on any atom is -0.353 e. The van der Waals surface area contributed by atoms with E-state index in [0.717, 1.165) is 41.3 Å². The van der Waals surface area contributed by atoms with Crippen LogP contribution < -0.4 is 4.90 Å².